The van der Waals surface area contributed by atoms with Gasteiger partial charge in [-0.25, -0.2) is 13.1 Å². The molecule has 29 heavy (non-hydrogen) atoms. The molecule has 0 aliphatic carbocycles. The first-order valence-corrected chi connectivity index (χ1v) is 11.5. The van der Waals surface area contributed by atoms with Crippen molar-refractivity contribution in [2.24, 2.45) is 0 Å². The van der Waals surface area contributed by atoms with Crippen molar-refractivity contribution in [2.45, 2.75) is 37.6 Å². The summed E-state index contributed by atoms with van der Waals surface area (Å²) in [6.07, 6.45) is 1.81. The van der Waals surface area contributed by atoms with Gasteiger partial charge in [-0.1, -0.05) is 30.7 Å². The first-order chi connectivity index (χ1) is 13.9. The fourth-order valence-electron chi connectivity index (χ4n) is 3.68. The zero-order valence-electron chi connectivity index (χ0n) is 17.3. The quantitative estimate of drug-likeness (QED) is 0.678. The number of ether oxygens (including phenoxy) is 2. The topological polar surface area (TPSA) is 67.9 Å². The zero-order chi connectivity index (χ0) is 20.9. The standard InChI is InChI=1S/C22H30N2O4S/c1-4-13-24(14-12-23-29(25,26)19-10-8-17(2)9-11-19)18-15-20-21(27-3)6-5-7-22(20)28-16-18/h5-11,18,23H,4,12-16H2,1-3H3/t18-/m0/s1. The van der Waals surface area contributed by atoms with E-state index in [0.29, 0.717) is 24.6 Å². The van der Waals surface area contributed by atoms with Crippen LogP contribution in [0.15, 0.2) is 47.4 Å². The maximum absolute atomic E-state index is 12.5. The second-order valence-electron chi connectivity index (χ2n) is 7.35. The van der Waals surface area contributed by atoms with E-state index in [1.807, 2.05) is 37.3 Å². The largest absolute Gasteiger partial charge is 0.496 e. The third kappa shape index (κ3) is 5.29. The Morgan fingerprint density at radius 3 is 2.62 bits per heavy atom. The van der Waals surface area contributed by atoms with Gasteiger partial charge in [-0.15, -0.1) is 0 Å². The molecule has 0 saturated carbocycles. The van der Waals surface area contributed by atoms with Crippen LogP contribution in [-0.4, -0.2) is 52.7 Å². The van der Waals surface area contributed by atoms with E-state index < -0.39 is 10.0 Å². The SMILES string of the molecule is CCCN(CCNS(=O)(=O)c1ccc(C)cc1)[C@@H]1COc2cccc(OC)c2C1. The summed E-state index contributed by atoms with van der Waals surface area (Å²) in [6.45, 7) is 6.51. The van der Waals surface area contributed by atoms with Gasteiger partial charge in [0.05, 0.1) is 12.0 Å². The molecule has 158 valence electrons. The Morgan fingerprint density at radius 2 is 1.93 bits per heavy atom. The van der Waals surface area contributed by atoms with Gasteiger partial charge in [-0.2, -0.15) is 0 Å². The number of aryl methyl sites for hydroxylation is 1. The van der Waals surface area contributed by atoms with Gasteiger partial charge >= 0.3 is 0 Å². The van der Waals surface area contributed by atoms with E-state index in [-0.39, 0.29) is 6.04 Å². The Labute approximate surface area is 173 Å². The van der Waals surface area contributed by atoms with E-state index in [0.717, 1.165) is 42.0 Å². The minimum atomic E-state index is -3.51. The molecular weight excluding hydrogens is 388 g/mol. The molecule has 0 spiro atoms. The van der Waals surface area contributed by atoms with Crippen molar-refractivity contribution in [2.75, 3.05) is 33.4 Å². The maximum Gasteiger partial charge on any atom is 0.240 e. The molecule has 0 fully saturated rings. The van der Waals surface area contributed by atoms with Gasteiger partial charge in [0.25, 0.3) is 0 Å². The average molecular weight is 419 g/mol. The highest BCUT2D eigenvalue weighted by Crippen LogP contribution is 2.33. The minimum Gasteiger partial charge on any atom is -0.496 e. The van der Waals surface area contributed by atoms with E-state index in [4.69, 9.17) is 9.47 Å². The van der Waals surface area contributed by atoms with Crippen LogP contribution in [0.5, 0.6) is 11.5 Å². The molecule has 7 heteroatoms. The van der Waals surface area contributed by atoms with Crippen LogP contribution in [0.1, 0.15) is 24.5 Å². The number of hydrogen-bond donors (Lipinski definition) is 1. The second-order valence-corrected chi connectivity index (χ2v) is 9.12. The number of benzene rings is 2. The Bertz CT molecular complexity index is 899. The van der Waals surface area contributed by atoms with Gasteiger partial charge in [0.2, 0.25) is 10.0 Å². The monoisotopic (exact) mass is 418 g/mol. The number of rotatable bonds is 9. The van der Waals surface area contributed by atoms with Crippen molar-refractivity contribution in [3.8, 4) is 11.5 Å². The van der Waals surface area contributed by atoms with Gasteiger partial charge in [-0.05, 0) is 50.6 Å². The zero-order valence-corrected chi connectivity index (χ0v) is 18.2. The highest BCUT2D eigenvalue weighted by atomic mass is 32.2. The van der Waals surface area contributed by atoms with Gasteiger partial charge in [-0.3, -0.25) is 4.90 Å². The number of nitrogens with zero attached hydrogens (tertiary/aromatic N) is 1. The summed E-state index contributed by atoms with van der Waals surface area (Å²) in [4.78, 5) is 2.59. The molecule has 2 aromatic carbocycles. The summed E-state index contributed by atoms with van der Waals surface area (Å²) in [5.41, 5.74) is 2.11. The molecule has 6 nitrogen and oxygen atoms in total. The predicted octanol–water partition coefficient (Wildman–Crippen LogP) is 3.00. The summed E-state index contributed by atoms with van der Waals surface area (Å²) < 4.78 is 39.3. The third-order valence-electron chi connectivity index (χ3n) is 5.23. The molecular formula is C22H30N2O4S. The van der Waals surface area contributed by atoms with Crippen LogP contribution in [0.3, 0.4) is 0 Å². The third-order valence-corrected chi connectivity index (χ3v) is 6.71. The second kappa shape index (κ2) is 9.61. The van der Waals surface area contributed by atoms with Gasteiger partial charge in [0.1, 0.15) is 18.1 Å². The van der Waals surface area contributed by atoms with E-state index >= 15 is 0 Å². The molecule has 1 atom stereocenters. The van der Waals surface area contributed by atoms with Crippen molar-refractivity contribution < 1.29 is 17.9 Å². The summed E-state index contributed by atoms with van der Waals surface area (Å²) in [5, 5.41) is 0. The molecule has 0 aromatic heterocycles. The first-order valence-electron chi connectivity index (χ1n) is 10.0. The summed E-state index contributed by atoms with van der Waals surface area (Å²) in [7, 11) is -1.84. The molecule has 1 heterocycles. The van der Waals surface area contributed by atoms with E-state index in [9.17, 15) is 8.42 Å². The lowest BCUT2D eigenvalue weighted by Gasteiger charge is -2.35. The smallest absolute Gasteiger partial charge is 0.240 e. The fourth-order valence-corrected chi connectivity index (χ4v) is 4.70. The number of nitrogens with one attached hydrogen (secondary N) is 1. The number of sulfonamides is 1. The number of fused-ring (bicyclic) bond motifs is 1. The molecule has 3 rings (SSSR count). The molecule has 0 radical (unpaired) electrons. The van der Waals surface area contributed by atoms with E-state index in [2.05, 4.69) is 16.5 Å². The van der Waals surface area contributed by atoms with Gasteiger partial charge < -0.3 is 9.47 Å². The first kappa shape index (κ1) is 21.6. The van der Waals surface area contributed by atoms with Crippen molar-refractivity contribution >= 4 is 10.0 Å². The molecule has 0 amide bonds. The van der Waals surface area contributed by atoms with Crippen molar-refractivity contribution in [3.63, 3.8) is 0 Å². The van der Waals surface area contributed by atoms with Crippen LogP contribution in [-0.2, 0) is 16.4 Å². The minimum absolute atomic E-state index is 0.183. The highest BCUT2D eigenvalue weighted by Gasteiger charge is 2.27. The normalized spacial score (nSPS) is 16.3. The number of methoxy groups -OCH3 is 1. The maximum atomic E-state index is 12.5. The van der Waals surface area contributed by atoms with Crippen LogP contribution < -0.4 is 14.2 Å². The van der Waals surface area contributed by atoms with Crippen molar-refractivity contribution in [1.29, 1.82) is 0 Å². The molecule has 2 aromatic rings. The fraction of sp³-hybridized carbons (Fsp3) is 0.455. The summed E-state index contributed by atoms with van der Waals surface area (Å²) in [6, 6.07) is 12.9. The molecule has 1 aliphatic rings. The van der Waals surface area contributed by atoms with Crippen molar-refractivity contribution in [1.82, 2.24) is 9.62 Å². The molecule has 1 aliphatic heterocycles. The lowest BCUT2D eigenvalue weighted by atomic mass is 10.00. The molecule has 1 N–H and O–H groups in total. The van der Waals surface area contributed by atoms with Crippen LogP contribution in [0.4, 0.5) is 0 Å². The van der Waals surface area contributed by atoms with Crippen molar-refractivity contribution in [3.05, 3.63) is 53.6 Å². The predicted molar refractivity (Wildman–Crippen MR) is 114 cm³/mol. The molecule has 0 saturated heterocycles. The lowest BCUT2D eigenvalue weighted by molar-refractivity contribution is 0.119. The summed E-state index contributed by atoms with van der Waals surface area (Å²) >= 11 is 0. The Kier molecular flexibility index (Phi) is 7.16. The lowest BCUT2D eigenvalue weighted by Crippen LogP contribution is -2.46. The van der Waals surface area contributed by atoms with Crippen LogP contribution >= 0.6 is 0 Å². The molecule has 0 bridgehead atoms. The van der Waals surface area contributed by atoms with Crippen LogP contribution in [0.25, 0.3) is 0 Å². The Morgan fingerprint density at radius 1 is 1.17 bits per heavy atom. The van der Waals surface area contributed by atoms with Crippen LogP contribution in [0, 0.1) is 6.92 Å². The number of hydrogen-bond acceptors (Lipinski definition) is 5. The van der Waals surface area contributed by atoms with Gasteiger partial charge in [0.15, 0.2) is 0 Å². The van der Waals surface area contributed by atoms with Gasteiger partial charge in [0, 0.05) is 24.7 Å². The molecule has 0 unspecified atom stereocenters. The highest BCUT2D eigenvalue weighted by molar-refractivity contribution is 7.89. The average Bonchev–Trinajstić information content (AvgIpc) is 2.72. The van der Waals surface area contributed by atoms with E-state index in [1.54, 1.807) is 19.2 Å². The Balaban J connectivity index is 1.64. The summed E-state index contributed by atoms with van der Waals surface area (Å²) in [5.74, 6) is 1.71. The Hall–Kier alpha value is -2.09. The van der Waals surface area contributed by atoms with Crippen LogP contribution in [0.2, 0.25) is 0 Å². The van der Waals surface area contributed by atoms with E-state index in [1.165, 1.54) is 0 Å².